The Labute approximate surface area is 190 Å². The lowest BCUT2D eigenvalue weighted by atomic mass is 10.0. The maximum Gasteiger partial charge on any atom is 0.261 e. The lowest BCUT2D eigenvalue weighted by molar-refractivity contribution is 0.219. The molecule has 1 aromatic heterocycles. The topological polar surface area (TPSA) is 58.3 Å². The van der Waals surface area contributed by atoms with Crippen LogP contribution in [0, 0.1) is 11.4 Å². The largest absolute Gasteiger partial charge is 0.407 e. The summed E-state index contributed by atoms with van der Waals surface area (Å²) in [5.74, 6) is 0.0656. The van der Waals surface area contributed by atoms with Crippen molar-refractivity contribution in [2.45, 2.75) is 38.3 Å². The number of hydrogen-bond donors (Lipinski definition) is 1. The van der Waals surface area contributed by atoms with Crippen molar-refractivity contribution in [2.75, 3.05) is 6.61 Å². The zero-order chi connectivity index (χ0) is 22.1. The monoisotopic (exact) mass is 449 g/mol. The van der Waals surface area contributed by atoms with Gasteiger partial charge in [0.1, 0.15) is 11.2 Å². The zero-order valence-corrected chi connectivity index (χ0v) is 19.9. The first kappa shape index (κ1) is 21.9. The summed E-state index contributed by atoms with van der Waals surface area (Å²) in [6, 6.07) is 22.9. The molecule has 160 valence electrons. The Morgan fingerprint density at radius 3 is 2.13 bits per heavy atom. The molecule has 31 heavy (non-hydrogen) atoms. The average Bonchev–Trinajstić information content (AvgIpc) is 3.14. The molecule has 2 atom stereocenters. The molecule has 0 fully saturated rings. The maximum absolute atomic E-state index is 7.83. The van der Waals surface area contributed by atoms with Crippen LogP contribution in [0.4, 0.5) is 0 Å². The fourth-order valence-electron chi connectivity index (χ4n) is 4.91. The van der Waals surface area contributed by atoms with Gasteiger partial charge in [0.2, 0.25) is 0 Å². The van der Waals surface area contributed by atoms with Crippen LogP contribution in [0.25, 0.3) is 0 Å². The van der Waals surface area contributed by atoms with Gasteiger partial charge in [0.15, 0.2) is 0 Å². The highest BCUT2D eigenvalue weighted by Gasteiger charge is 2.51. The third-order valence-electron chi connectivity index (χ3n) is 6.34. The van der Waals surface area contributed by atoms with Gasteiger partial charge < -0.3 is 4.43 Å². The van der Waals surface area contributed by atoms with Crippen molar-refractivity contribution in [1.82, 2.24) is 4.98 Å². The predicted molar refractivity (Wildman–Crippen MR) is 128 cm³/mol. The van der Waals surface area contributed by atoms with E-state index in [9.17, 15) is 0 Å². The van der Waals surface area contributed by atoms with Crippen LogP contribution >= 0.6 is 11.6 Å². The molecule has 0 bridgehead atoms. The molecule has 0 unspecified atom stereocenters. The van der Waals surface area contributed by atoms with Crippen LogP contribution in [0.3, 0.4) is 0 Å². The molecule has 2 aromatic carbocycles. The summed E-state index contributed by atoms with van der Waals surface area (Å²) in [5.41, 5.74) is 9.84. The van der Waals surface area contributed by atoms with E-state index in [0.717, 1.165) is 17.5 Å². The highest BCUT2D eigenvalue weighted by atomic mass is 35.5. The summed E-state index contributed by atoms with van der Waals surface area (Å²) in [5, 5.41) is 6.89. The first-order valence-electron chi connectivity index (χ1n) is 10.6. The van der Waals surface area contributed by atoms with Crippen molar-refractivity contribution in [3.8, 4) is 0 Å². The molecule has 1 aliphatic carbocycles. The minimum Gasteiger partial charge on any atom is -0.407 e. The van der Waals surface area contributed by atoms with Crippen molar-refractivity contribution in [3.05, 3.63) is 89.2 Å². The molecule has 0 radical (unpaired) electrons. The van der Waals surface area contributed by atoms with Crippen molar-refractivity contribution < 1.29 is 4.43 Å². The van der Waals surface area contributed by atoms with E-state index < -0.39 is 8.32 Å². The average molecular weight is 450 g/mol. The van der Waals surface area contributed by atoms with Gasteiger partial charge in [-0.1, -0.05) is 93.0 Å². The van der Waals surface area contributed by atoms with E-state index in [1.165, 1.54) is 10.4 Å². The van der Waals surface area contributed by atoms with Crippen LogP contribution in [0.15, 0.2) is 78.0 Å². The number of rotatable bonds is 6. The quantitative estimate of drug-likeness (QED) is 0.304. The third kappa shape index (κ3) is 3.86. The number of pyridine rings is 1. The fraction of sp³-hybridized carbons (Fsp3) is 0.320. The van der Waals surface area contributed by atoms with Crippen LogP contribution in [0.5, 0.6) is 0 Å². The van der Waals surface area contributed by atoms with Crippen LogP contribution in [0.1, 0.15) is 37.9 Å². The van der Waals surface area contributed by atoms with Crippen LogP contribution in [-0.4, -0.2) is 19.9 Å². The van der Waals surface area contributed by atoms with E-state index in [-0.39, 0.29) is 17.0 Å². The molecule has 0 saturated carbocycles. The van der Waals surface area contributed by atoms with E-state index in [0.29, 0.717) is 11.8 Å². The molecule has 0 aliphatic heterocycles. The number of benzene rings is 2. The van der Waals surface area contributed by atoms with Gasteiger partial charge in [0.25, 0.3) is 8.32 Å². The Hall–Kier alpha value is -2.34. The number of fused-ring (bicyclic) bond motifs is 1. The van der Waals surface area contributed by atoms with E-state index >= 15 is 0 Å². The highest BCUT2D eigenvalue weighted by molar-refractivity contribution is 6.99. The summed E-state index contributed by atoms with van der Waals surface area (Å²) in [4.78, 5) is 4.23. The number of aromatic nitrogens is 1. The second kappa shape index (κ2) is 8.65. The molecule has 0 saturated heterocycles. The normalized spacial score (nSPS) is 18.6. The van der Waals surface area contributed by atoms with Gasteiger partial charge >= 0.3 is 0 Å². The second-order valence-corrected chi connectivity index (χ2v) is 13.8. The Balaban J connectivity index is 1.75. The van der Waals surface area contributed by atoms with Crippen LogP contribution in [-0.2, 0) is 10.8 Å². The summed E-state index contributed by atoms with van der Waals surface area (Å²) >= 11 is 6.37. The minimum absolute atomic E-state index is 0.0656. The molecule has 4 rings (SSSR count). The number of nitrogens with zero attached hydrogens (tertiary/aromatic N) is 2. The second-order valence-electron chi connectivity index (χ2n) is 9.18. The van der Waals surface area contributed by atoms with E-state index in [2.05, 4.69) is 79.4 Å². The minimum atomic E-state index is -2.63. The molecule has 0 spiro atoms. The van der Waals surface area contributed by atoms with Crippen molar-refractivity contribution in [1.29, 1.82) is 5.53 Å². The van der Waals surface area contributed by atoms with Gasteiger partial charge in [-0.2, -0.15) is 5.11 Å². The summed E-state index contributed by atoms with van der Waals surface area (Å²) in [7, 11) is -2.63. The summed E-state index contributed by atoms with van der Waals surface area (Å²) < 4.78 is 7.09. The molecule has 4 nitrogen and oxygen atoms in total. The van der Waals surface area contributed by atoms with Crippen molar-refractivity contribution >= 4 is 30.3 Å². The lowest BCUT2D eigenvalue weighted by Crippen LogP contribution is -2.67. The van der Waals surface area contributed by atoms with Crippen molar-refractivity contribution in [2.24, 2.45) is 11.0 Å². The first-order valence-corrected chi connectivity index (χ1v) is 12.9. The molecule has 1 heterocycles. The third-order valence-corrected chi connectivity index (χ3v) is 11.7. The van der Waals surface area contributed by atoms with E-state index in [4.69, 9.17) is 21.6 Å². The molecular formula is C25H28ClN3OSi. The van der Waals surface area contributed by atoms with E-state index in [1.54, 1.807) is 6.20 Å². The lowest BCUT2D eigenvalue weighted by Gasteiger charge is -2.43. The Kier molecular flexibility index (Phi) is 6.11. The molecule has 1 N–H and O–H groups in total. The Morgan fingerprint density at radius 1 is 1.03 bits per heavy atom. The standard InChI is InChI=1S/C25H28ClN3OSi/c1-25(2,3)31(19-10-6-4-7-11-19,20-12-8-5-9-13-20)30-17-18-16-22-21(23(18)29-27)14-15-28-24(22)26/h4-15,18,23,27H,16-17H2,1-3H3/t18-,23-/m0/s1. The van der Waals surface area contributed by atoms with Gasteiger partial charge in [-0.05, 0) is 39.0 Å². The van der Waals surface area contributed by atoms with Gasteiger partial charge in [0.05, 0.1) is 0 Å². The SMILES string of the molecule is CC(C)(C)[Si](OC[C@@H]1Cc2c(ccnc2Cl)[C@H]1N=N)(c1ccccc1)c1ccccc1. The van der Waals surface area contributed by atoms with Gasteiger partial charge in [-0.25, -0.2) is 10.5 Å². The molecule has 1 aliphatic rings. The fourth-order valence-corrected chi connectivity index (χ4v) is 9.77. The van der Waals surface area contributed by atoms with Gasteiger partial charge in [-0.15, -0.1) is 0 Å². The maximum atomic E-state index is 7.83. The Morgan fingerprint density at radius 2 is 1.61 bits per heavy atom. The predicted octanol–water partition coefficient (Wildman–Crippen LogP) is 5.56. The number of hydrogen-bond acceptors (Lipinski definition) is 4. The van der Waals surface area contributed by atoms with Crippen molar-refractivity contribution in [3.63, 3.8) is 0 Å². The van der Waals surface area contributed by atoms with E-state index in [1.807, 2.05) is 18.2 Å². The number of nitrogens with one attached hydrogen (secondary N) is 1. The summed E-state index contributed by atoms with van der Waals surface area (Å²) in [6.45, 7) is 7.34. The molecular weight excluding hydrogens is 422 g/mol. The molecule has 0 amide bonds. The van der Waals surface area contributed by atoms with Crippen LogP contribution < -0.4 is 10.4 Å². The summed E-state index contributed by atoms with van der Waals surface area (Å²) in [6.07, 6.45) is 2.43. The van der Waals surface area contributed by atoms with Crippen LogP contribution in [0.2, 0.25) is 10.2 Å². The highest BCUT2D eigenvalue weighted by Crippen LogP contribution is 2.43. The smallest absolute Gasteiger partial charge is 0.261 e. The molecule has 6 heteroatoms. The van der Waals surface area contributed by atoms with Gasteiger partial charge in [-0.3, -0.25) is 0 Å². The first-order chi connectivity index (χ1) is 14.9. The Bertz CT molecular complexity index is 1010. The molecule has 3 aromatic rings. The zero-order valence-electron chi connectivity index (χ0n) is 18.2. The number of halogens is 1. The van der Waals surface area contributed by atoms with Gasteiger partial charge in [0, 0.05) is 18.7 Å².